The van der Waals surface area contributed by atoms with Gasteiger partial charge in [0.25, 0.3) is 0 Å². The van der Waals surface area contributed by atoms with Crippen LogP contribution in [0.15, 0.2) is 42.7 Å². The molecule has 1 aromatic carbocycles. The van der Waals surface area contributed by atoms with E-state index in [0.717, 1.165) is 12.1 Å². The first-order valence-corrected chi connectivity index (χ1v) is 5.91. The van der Waals surface area contributed by atoms with Gasteiger partial charge >= 0.3 is 6.18 Å². The molecule has 20 heavy (non-hydrogen) atoms. The first-order valence-electron chi connectivity index (χ1n) is 5.91. The number of hydrogen-bond donors (Lipinski definition) is 2. The third kappa shape index (κ3) is 3.27. The van der Waals surface area contributed by atoms with E-state index >= 15 is 0 Å². The highest BCUT2D eigenvalue weighted by molar-refractivity contribution is 5.45. The summed E-state index contributed by atoms with van der Waals surface area (Å²) in [6, 6.07) is 6.03. The van der Waals surface area contributed by atoms with E-state index in [1.54, 1.807) is 6.07 Å². The van der Waals surface area contributed by atoms with Crippen molar-refractivity contribution in [3.63, 3.8) is 0 Å². The summed E-state index contributed by atoms with van der Waals surface area (Å²) in [5, 5.41) is 10.0. The monoisotopic (exact) mass is 282 g/mol. The van der Waals surface area contributed by atoms with Crippen molar-refractivity contribution in [3.05, 3.63) is 59.4 Å². The summed E-state index contributed by atoms with van der Waals surface area (Å²) in [5.74, 6) is 0. The van der Waals surface area contributed by atoms with Crippen molar-refractivity contribution in [2.24, 2.45) is 0 Å². The fraction of sp³-hybridized carbons (Fsp3) is 0.214. The molecular weight excluding hydrogens is 269 g/mol. The molecule has 0 fully saturated rings. The van der Waals surface area contributed by atoms with E-state index in [0.29, 0.717) is 16.8 Å². The molecule has 1 atom stereocenters. The lowest BCUT2D eigenvalue weighted by atomic mass is 10.0. The Bertz CT molecular complexity index is 582. The van der Waals surface area contributed by atoms with Gasteiger partial charge in [-0.15, -0.1) is 0 Å². The number of pyridine rings is 1. The summed E-state index contributed by atoms with van der Waals surface area (Å²) in [4.78, 5) is 3.90. The quantitative estimate of drug-likeness (QED) is 0.910. The van der Waals surface area contributed by atoms with Crippen molar-refractivity contribution in [1.82, 2.24) is 4.98 Å². The molecule has 0 spiro atoms. The molecule has 0 saturated carbocycles. The lowest BCUT2D eigenvalue weighted by Gasteiger charge is -2.13. The Kier molecular flexibility index (Phi) is 3.94. The minimum Gasteiger partial charge on any atom is -0.398 e. The van der Waals surface area contributed by atoms with E-state index in [2.05, 4.69) is 4.98 Å². The number of anilines is 1. The van der Waals surface area contributed by atoms with Crippen LogP contribution in [0.2, 0.25) is 0 Å². The number of hydrogen-bond acceptors (Lipinski definition) is 3. The zero-order chi connectivity index (χ0) is 14.8. The Morgan fingerprint density at radius 1 is 1.15 bits per heavy atom. The second kappa shape index (κ2) is 5.50. The number of aliphatic hydroxyl groups is 1. The maximum atomic E-state index is 12.4. The molecule has 0 amide bonds. The van der Waals surface area contributed by atoms with Crippen LogP contribution in [-0.4, -0.2) is 10.1 Å². The van der Waals surface area contributed by atoms with Crippen molar-refractivity contribution in [1.29, 1.82) is 0 Å². The number of nitrogens with two attached hydrogens (primary N) is 1. The number of nitrogen functional groups attached to an aromatic ring is 1. The largest absolute Gasteiger partial charge is 0.416 e. The summed E-state index contributed by atoms with van der Waals surface area (Å²) >= 11 is 0. The van der Waals surface area contributed by atoms with Gasteiger partial charge in [0.2, 0.25) is 0 Å². The van der Waals surface area contributed by atoms with Gasteiger partial charge in [-0.2, -0.15) is 13.2 Å². The molecule has 0 aliphatic rings. The van der Waals surface area contributed by atoms with Crippen LogP contribution in [0.4, 0.5) is 18.9 Å². The Balaban J connectivity index is 2.14. The number of rotatable bonds is 3. The zero-order valence-corrected chi connectivity index (χ0v) is 10.4. The van der Waals surface area contributed by atoms with E-state index in [1.807, 2.05) is 0 Å². The van der Waals surface area contributed by atoms with Gasteiger partial charge in [-0.1, -0.05) is 12.1 Å². The van der Waals surface area contributed by atoms with Crippen LogP contribution >= 0.6 is 0 Å². The van der Waals surface area contributed by atoms with Gasteiger partial charge in [0.15, 0.2) is 0 Å². The molecule has 1 aromatic heterocycles. The van der Waals surface area contributed by atoms with Gasteiger partial charge in [0.05, 0.1) is 11.7 Å². The van der Waals surface area contributed by atoms with Crippen molar-refractivity contribution < 1.29 is 18.3 Å². The Hall–Kier alpha value is -2.08. The molecule has 1 unspecified atom stereocenters. The lowest BCUT2D eigenvalue weighted by molar-refractivity contribution is -0.137. The second-order valence-electron chi connectivity index (χ2n) is 4.41. The van der Waals surface area contributed by atoms with Crippen molar-refractivity contribution in [2.45, 2.75) is 18.7 Å². The van der Waals surface area contributed by atoms with Gasteiger partial charge in [0, 0.05) is 24.5 Å². The molecule has 6 heteroatoms. The third-order valence-electron chi connectivity index (χ3n) is 2.98. The molecule has 0 radical (unpaired) electrons. The van der Waals surface area contributed by atoms with Gasteiger partial charge < -0.3 is 10.8 Å². The van der Waals surface area contributed by atoms with Crippen LogP contribution in [0, 0.1) is 0 Å². The minimum atomic E-state index is -4.38. The van der Waals surface area contributed by atoms with Crippen LogP contribution in [0.1, 0.15) is 22.8 Å². The molecule has 3 nitrogen and oxygen atoms in total. The predicted molar refractivity (Wildman–Crippen MR) is 68.8 cm³/mol. The van der Waals surface area contributed by atoms with Crippen molar-refractivity contribution in [2.75, 3.05) is 5.73 Å². The molecule has 0 saturated heterocycles. The van der Waals surface area contributed by atoms with E-state index in [9.17, 15) is 18.3 Å². The van der Waals surface area contributed by atoms with Gasteiger partial charge in [0.1, 0.15) is 0 Å². The van der Waals surface area contributed by atoms with Crippen LogP contribution in [0.25, 0.3) is 0 Å². The Morgan fingerprint density at radius 3 is 2.35 bits per heavy atom. The van der Waals surface area contributed by atoms with Crippen LogP contribution < -0.4 is 5.73 Å². The molecule has 106 valence electrons. The fourth-order valence-electron chi connectivity index (χ4n) is 1.83. The Morgan fingerprint density at radius 2 is 1.80 bits per heavy atom. The normalized spacial score (nSPS) is 13.2. The highest BCUT2D eigenvalue weighted by Crippen LogP contribution is 2.30. The number of aromatic nitrogens is 1. The van der Waals surface area contributed by atoms with Crippen LogP contribution in [0.3, 0.4) is 0 Å². The molecule has 0 aliphatic heterocycles. The number of benzene rings is 1. The zero-order valence-electron chi connectivity index (χ0n) is 10.4. The van der Waals surface area contributed by atoms with Crippen molar-refractivity contribution >= 4 is 5.69 Å². The van der Waals surface area contributed by atoms with E-state index < -0.39 is 17.8 Å². The summed E-state index contributed by atoms with van der Waals surface area (Å²) < 4.78 is 37.3. The molecule has 2 aromatic rings. The maximum absolute atomic E-state index is 12.4. The second-order valence-corrected chi connectivity index (χ2v) is 4.41. The van der Waals surface area contributed by atoms with Crippen molar-refractivity contribution in [3.8, 4) is 0 Å². The standard InChI is InChI=1S/C14H13F3N2O/c15-14(16,17)11-3-1-9(2-4-11)13(20)7-10-8-19-6-5-12(10)18/h1-6,8,13,20H,7H2,(H2,18,19). The maximum Gasteiger partial charge on any atom is 0.416 e. The van der Waals surface area contributed by atoms with E-state index in [-0.39, 0.29) is 6.42 Å². The predicted octanol–water partition coefficient (Wildman–Crippen LogP) is 2.96. The van der Waals surface area contributed by atoms with Gasteiger partial charge in [-0.25, -0.2) is 0 Å². The minimum absolute atomic E-state index is 0.199. The molecule has 0 bridgehead atoms. The molecule has 0 aliphatic carbocycles. The summed E-state index contributed by atoms with van der Waals surface area (Å²) in [7, 11) is 0. The van der Waals surface area contributed by atoms with E-state index in [4.69, 9.17) is 5.73 Å². The van der Waals surface area contributed by atoms with E-state index in [1.165, 1.54) is 24.5 Å². The topological polar surface area (TPSA) is 59.1 Å². The van der Waals surface area contributed by atoms with Crippen LogP contribution in [-0.2, 0) is 12.6 Å². The van der Waals surface area contributed by atoms with Gasteiger partial charge in [-0.05, 0) is 29.3 Å². The van der Waals surface area contributed by atoms with Crippen LogP contribution in [0.5, 0.6) is 0 Å². The van der Waals surface area contributed by atoms with Gasteiger partial charge in [-0.3, -0.25) is 4.98 Å². The molecule has 2 rings (SSSR count). The number of halogens is 3. The third-order valence-corrected chi connectivity index (χ3v) is 2.98. The average Bonchev–Trinajstić information content (AvgIpc) is 2.40. The number of nitrogens with zero attached hydrogens (tertiary/aromatic N) is 1. The first kappa shape index (κ1) is 14.3. The Labute approximate surface area is 113 Å². The SMILES string of the molecule is Nc1ccncc1CC(O)c1ccc(C(F)(F)F)cc1. The first-order chi connectivity index (χ1) is 9.38. The molecule has 1 heterocycles. The number of alkyl halides is 3. The lowest BCUT2D eigenvalue weighted by Crippen LogP contribution is -2.07. The summed E-state index contributed by atoms with van der Waals surface area (Å²) in [6.07, 6.45) is -2.04. The molecule has 3 N–H and O–H groups in total. The highest BCUT2D eigenvalue weighted by atomic mass is 19.4. The number of aliphatic hydroxyl groups excluding tert-OH is 1. The summed E-state index contributed by atoms with van der Waals surface area (Å²) in [6.45, 7) is 0. The average molecular weight is 282 g/mol. The highest BCUT2D eigenvalue weighted by Gasteiger charge is 2.30. The fourth-order valence-corrected chi connectivity index (χ4v) is 1.83. The molecular formula is C14H13F3N2O. The summed E-state index contributed by atoms with van der Waals surface area (Å²) in [5.41, 5.74) is 6.54. The smallest absolute Gasteiger partial charge is 0.398 e.